The Morgan fingerprint density at radius 1 is 1.73 bits per heavy atom. The van der Waals surface area contributed by atoms with Crippen LogP contribution < -0.4 is 0 Å². The number of hydrogen-bond acceptors (Lipinski definition) is 5. The van der Waals surface area contributed by atoms with Gasteiger partial charge >= 0.3 is 5.69 Å². The van der Waals surface area contributed by atoms with Gasteiger partial charge in [-0.2, -0.15) is 5.26 Å². The second-order valence-corrected chi connectivity index (χ2v) is 1.63. The van der Waals surface area contributed by atoms with E-state index in [2.05, 4.69) is 9.97 Å². The van der Waals surface area contributed by atoms with Crippen LogP contribution in [0.1, 0.15) is 5.69 Å². The number of nitro groups is 1. The molecule has 11 heavy (non-hydrogen) atoms. The summed E-state index contributed by atoms with van der Waals surface area (Å²) in [5, 5.41) is 18.5. The summed E-state index contributed by atoms with van der Waals surface area (Å²) in [6.45, 7) is 0. The fourth-order valence-electron chi connectivity index (χ4n) is 0.542. The van der Waals surface area contributed by atoms with Crippen molar-refractivity contribution in [1.29, 1.82) is 5.26 Å². The highest BCUT2D eigenvalue weighted by Gasteiger charge is 2.13. The molecular weight excluding hydrogens is 148 g/mol. The maximum absolute atomic E-state index is 10.2. The van der Waals surface area contributed by atoms with E-state index in [1.807, 2.05) is 0 Å². The van der Waals surface area contributed by atoms with Crippen LogP contribution in [-0.4, -0.2) is 14.9 Å². The third kappa shape index (κ3) is 1.27. The molecule has 1 heterocycles. The van der Waals surface area contributed by atoms with Gasteiger partial charge in [0.2, 0.25) is 5.69 Å². The second-order valence-electron chi connectivity index (χ2n) is 1.63. The van der Waals surface area contributed by atoms with Crippen molar-refractivity contribution in [2.24, 2.45) is 0 Å². The highest BCUT2D eigenvalue weighted by Crippen LogP contribution is 2.10. The molecule has 0 saturated carbocycles. The van der Waals surface area contributed by atoms with Gasteiger partial charge in [0.25, 0.3) is 0 Å². The van der Waals surface area contributed by atoms with Gasteiger partial charge in [-0.05, 0) is 0 Å². The molecule has 0 unspecified atom stereocenters. The van der Waals surface area contributed by atoms with Crippen LogP contribution in [0.5, 0.6) is 0 Å². The average molecular weight is 150 g/mol. The molecule has 0 spiro atoms. The first-order valence-corrected chi connectivity index (χ1v) is 2.60. The molecule has 54 valence electrons. The van der Waals surface area contributed by atoms with Crippen molar-refractivity contribution in [2.45, 2.75) is 0 Å². The van der Waals surface area contributed by atoms with Crippen molar-refractivity contribution in [3.8, 4) is 6.07 Å². The summed E-state index contributed by atoms with van der Waals surface area (Å²) in [4.78, 5) is 16.3. The zero-order valence-electron chi connectivity index (χ0n) is 5.26. The summed E-state index contributed by atoms with van der Waals surface area (Å²) in [6, 6.07) is 1.58. The fourth-order valence-corrected chi connectivity index (χ4v) is 0.542. The smallest absolute Gasteiger partial charge is 0.258 e. The van der Waals surface area contributed by atoms with Gasteiger partial charge in [0.1, 0.15) is 18.6 Å². The van der Waals surface area contributed by atoms with Gasteiger partial charge in [-0.15, -0.1) is 0 Å². The fraction of sp³-hybridized carbons (Fsp3) is 0. The Kier molecular flexibility index (Phi) is 1.74. The maximum atomic E-state index is 10.2. The molecule has 1 aromatic rings. The van der Waals surface area contributed by atoms with Crippen LogP contribution in [0.3, 0.4) is 0 Å². The van der Waals surface area contributed by atoms with Crippen LogP contribution in [0.2, 0.25) is 0 Å². The first-order valence-electron chi connectivity index (χ1n) is 2.60. The van der Waals surface area contributed by atoms with Gasteiger partial charge in [-0.25, -0.2) is 9.97 Å². The van der Waals surface area contributed by atoms with E-state index in [0.29, 0.717) is 0 Å². The summed E-state index contributed by atoms with van der Waals surface area (Å²) >= 11 is 0. The summed E-state index contributed by atoms with van der Waals surface area (Å²) in [7, 11) is 0. The van der Waals surface area contributed by atoms with Crippen molar-refractivity contribution in [3.05, 3.63) is 28.3 Å². The van der Waals surface area contributed by atoms with Gasteiger partial charge in [-0.3, -0.25) is 10.1 Å². The molecule has 0 amide bonds. The molecule has 1 rings (SSSR count). The van der Waals surface area contributed by atoms with E-state index < -0.39 is 4.92 Å². The number of hydrogen-bond donors (Lipinski definition) is 0. The molecule has 0 atom stereocenters. The lowest BCUT2D eigenvalue weighted by Crippen LogP contribution is -1.95. The van der Waals surface area contributed by atoms with E-state index >= 15 is 0 Å². The Bertz CT molecular complexity index is 329. The minimum atomic E-state index is -0.696. The molecule has 0 aliphatic rings. The van der Waals surface area contributed by atoms with Crippen LogP contribution in [0, 0.1) is 21.4 Å². The summed E-state index contributed by atoms with van der Waals surface area (Å²) in [5.41, 5.74) is -0.583. The summed E-state index contributed by atoms with van der Waals surface area (Å²) < 4.78 is 0. The molecule has 0 bridgehead atoms. The molecule has 0 aliphatic heterocycles. The van der Waals surface area contributed by atoms with Crippen LogP contribution in [-0.2, 0) is 0 Å². The largest absolute Gasteiger partial charge is 0.323 e. The first-order chi connectivity index (χ1) is 5.25. The predicted molar refractivity (Wildman–Crippen MR) is 33.4 cm³/mol. The second kappa shape index (κ2) is 2.70. The lowest BCUT2D eigenvalue weighted by atomic mass is 10.4. The maximum Gasteiger partial charge on any atom is 0.323 e. The van der Waals surface area contributed by atoms with E-state index in [1.165, 1.54) is 0 Å². The molecule has 0 N–H and O–H groups in total. The minimum absolute atomic E-state index is 0.218. The monoisotopic (exact) mass is 150 g/mol. The van der Waals surface area contributed by atoms with Crippen molar-refractivity contribution < 1.29 is 4.92 Å². The topological polar surface area (TPSA) is 92.7 Å². The van der Waals surface area contributed by atoms with E-state index in [0.717, 1.165) is 12.5 Å². The van der Waals surface area contributed by atoms with E-state index in [4.69, 9.17) is 5.26 Å². The van der Waals surface area contributed by atoms with Gasteiger partial charge in [0.15, 0.2) is 0 Å². The molecule has 1 aromatic heterocycles. The Morgan fingerprint density at radius 3 is 2.91 bits per heavy atom. The Balaban J connectivity index is 3.26. The molecular formula is C5H2N4O2. The number of nitrogens with zero attached hydrogens (tertiary/aromatic N) is 4. The number of rotatable bonds is 1. The van der Waals surface area contributed by atoms with Gasteiger partial charge in [0.05, 0.1) is 4.92 Å². The normalized spacial score (nSPS) is 8.64. The summed E-state index contributed by atoms with van der Waals surface area (Å²) in [5.74, 6) is 0. The zero-order valence-corrected chi connectivity index (χ0v) is 5.26. The highest BCUT2D eigenvalue weighted by molar-refractivity contribution is 5.40. The molecule has 6 nitrogen and oxygen atoms in total. The highest BCUT2D eigenvalue weighted by atomic mass is 16.6. The lowest BCUT2D eigenvalue weighted by molar-refractivity contribution is -0.385. The third-order valence-electron chi connectivity index (χ3n) is 0.996. The van der Waals surface area contributed by atoms with Crippen LogP contribution in [0.4, 0.5) is 5.69 Å². The van der Waals surface area contributed by atoms with Crippen molar-refractivity contribution in [2.75, 3.05) is 0 Å². The molecule has 0 aromatic carbocycles. The third-order valence-corrected chi connectivity index (χ3v) is 0.996. The average Bonchev–Trinajstić information content (AvgIpc) is 2.04. The Morgan fingerprint density at radius 2 is 2.45 bits per heavy atom. The van der Waals surface area contributed by atoms with Crippen LogP contribution in [0.25, 0.3) is 0 Å². The molecule has 0 radical (unpaired) electrons. The minimum Gasteiger partial charge on any atom is -0.258 e. The van der Waals surface area contributed by atoms with Crippen LogP contribution in [0.15, 0.2) is 12.5 Å². The SMILES string of the molecule is N#Cc1ncncc1[N+](=O)[O-]. The zero-order chi connectivity index (χ0) is 8.27. The van der Waals surface area contributed by atoms with Gasteiger partial charge in [-0.1, -0.05) is 0 Å². The Hall–Kier alpha value is -2.03. The first kappa shape index (κ1) is 7.08. The van der Waals surface area contributed by atoms with Crippen molar-refractivity contribution in [3.63, 3.8) is 0 Å². The molecule has 0 aliphatic carbocycles. The predicted octanol–water partition coefficient (Wildman–Crippen LogP) is 0.256. The number of nitriles is 1. The lowest BCUT2D eigenvalue weighted by Gasteiger charge is -1.89. The molecule has 0 fully saturated rings. The van der Waals surface area contributed by atoms with Crippen LogP contribution >= 0.6 is 0 Å². The van der Waals surface area contributed by atoms with Gasteiger partial charge in [0, 0.05) is 0 Å². The van der Waals surface area contributed by atoms with Crippen molar-refractivity contribution in [1.82, 2.24) is 9.97 Å². The van der Waals surface area contributed by atoms with Crippen molar-refractivity contribution >= 4 is 5.69 Å². The molecule has 0 saturated heterocycles. The summed E-state index contributed by atoms with van der Waals surface area (Å²) in [6.07, 6.45) is 2.08. The molecule has 6 heteroatoms. The van der Waals surface area contributed by atoms with E-state index in [-0.39, 0.29) is 11.4 Å². The Labute approximate surface area is 61.3 Å². The quantitative estimate of drug-likeness (QED) is 0.422. The van der Waals surface area contributed by atoms with E-state index in [1.54, 1.807) is 6.07 Å². The number of aromatic nitrogens is 2. The standard InChI is InChI=1S/C5H2N4O2/c6-1-4-5(9(10)11)2-7-3-8-4/h2-3H. The van der Waals surface area contributed by atoms with Gasteiger partial charge < -0.3 is 0 Å². The van der Waals surface area contributed by atoms with E-state index in [9.17, 15) is 10.1 Å².